The molecule has 178 valence electrons. The highest BCUT2D eigenvalue weighted by atomic mass is 15.0. The smallest absolute Gasteiger partial charge is 0.0547 e. The number of hydrogen-bond donors (Lipinski definition) is 1. The molecule has 2 heteroatoms. The summed E-state index contributed by atoms with van der Waals surface area (Å²) < 4.78 is 2.43. The van der Waals surface area contributed by atoms with E-state index in [-0.39, 0.29) is 0 Å². The van der Waals surface area contributed by atoms with Crippen molar-refractivity contribution in [3.8, 4) is 27.9 Å². The largest absolute Gasteiger partial charge is 0.355 e. The molecule has 8 aromatic rings. The van der Waals surface area contributed by atoms with Crippen LogP contribution in [0.15, 0.2) is 140 Å². The Balaban J connectivity index is 1.40. The highest BCUT2D eigenvalue weighted by molar-refractivity contribution is 6.12. The lowest BCUT2D eigenvalue weighted by Crippen LogP contribution is -1.97. The monoisotopic (exact) mass is 484 g/mol. The van der Waals surface area contributed by atoms with Gasteiger partial charge in [-0.2, -0.15) is 0 Å². The summed E-state index contributed by atoms with van der Waals surface area (Å²) in [4.78, 5) is 3.55. The minimum atomic E-state index is 1.17. The van der Waals surface area contributed by atoms with Crippen LogP contribution in [0.4, 0.5) is 0 Å². The second kappa shape index (κ2) is 8.22. The van der Waals surface area contributed by atoms with Crippen LogP contribution in [0.5, 0.6) is 0 Å². The van der Waals surface area contributed by atoms with E-state index in [9.17, 15) is 0 Å². The Labute approximate surface area is 220 Å². The molecule has 0 bridgehead atoms. The predicted octanol–water partition coefficient (Wildman–Crippen LogP) is 9.75. The Hall–Kier alpha value is -5.08. The molecule has 0 aliphatic heterocycles. The lowest BCUT2D eigenvalue weighted by Gasteiger charge is -2.14. The van der Waals surface area contributed by atoms with Gasteiger partial charge < -0.3 is 9.55 Å². The van der Waals surface area contributed by atoms with Gasteiger partial charge in [0.05, 0.1) is 16.7 Å². The van der Waals surface area contributed by atoms with E-state index in [1.54, 1.807) is 0 Å². The Bertz CT molecular complexity index is 2130. The summed E-state index contributed by atoms with van der Waals surface area (Å²) >= 11 is 0. The SMILES string of the molecule is c1ccc(-c2ccccc2-n2c3ccccc3c3ccc(-c4ccc5[nH]c6ccccc6c5c4)cc32)cc1. The Kier molecular flexibility index (Phi) is 4.55. The van der Waals surface area contributed by atoms with Gasteiger partial charge in [0.2, 0.25) is 0 Å². The Morgan fingerprint density at radius 3 is 1.97 bits per heavy atom. The maximum atomic E-state index is 3.55. The zero-order valence-corrected chi connectivity index (χ0v) is 20.7. The fraction of sp³-hybridized carbons (Fsp3) is 0. The Morgan fingerprint density at radius 2 is 1.05 bits per heavy atom. The number of fused-ring (bicyclic) bond motifs is 6. The average molecular weight is 485 g/mol. The van der Waals surface area contributed by atoms with Crippen LogP contribution in [0, 0.1) is 0 Å². The number of hydrogen-bond acceptors (Lipinski definition) is 0. The number of para-hydroxylation sites is 3. The van der Waals surface area contributed by atoms with Gasteiger partial charge in [0.1, 0.15) is 0 Å². The fourth-order valence-electron chi connectivity index (χ4n) is 5.97. The zero-order chi connectivity index (χ0) is 25.1. The molecular formula is C36H24N2. The van der Waals surface area contributed by atoms with Crippen LogP contribution in [-0.2, 0) is 0 Å². The molecule has 0 atom stereocenters. The van der Waals surface area contributed by atoms with Crippen LogP contribution in [0.2, 0.25) is 0 Å². The van der Waals surface area contributed by atoms with Crippen LogP contribution in [0.25, 0.3) is 71.6 Å². The van der Waals surface area contributed by atoms with E-state index in [4.69, 9.17) is 0 Å². The number of aromatic amines is 1. The molecule has 0 aliphatic carbocycles. The zero-order valence-electron chi connectivity index (χ0n) is 20.7. The van der Waals surface area contributed by atoms with Crippen molar-refractivity contribution in [2.24, 2.45) is 0 Å². The summed E-state index contributed by atoms with van der Waals surface area (Å²) in [5, 5.41) is 5.05. The number of nitrogens with zero attached hydrogens (tertiary/aromatic N) is 1. The van der Waals surface area contributed by atoms with Crippen molar-refractivity contribution < 1.29 is 0 Å². The number of rotatable bonds is 3. The first-order chi connectivity index (χ1) is 18.8. The fourth-order valence-corrected chi connectivity index (χ4v) is 5.97. The molecule has 2 heterocycles. The van der Waals surface area contributed by atoms with Gasteiger partial charge >= 0.3 is 0 Å². The van der Waals surface area contributed by atoms with E-state index in [0.29, 0.717) is 0 Å². The molecular weight excluding hydrogens is 460 g/mol. The molecule has 2 aromatic heterocycles. The van der Waals surface area contributed by atoms with E-state index in [1.807, 2.05) is 0 Å². The molecule has 0 amide bonds. The van der Waals surface area contributed by atoms with Crippen molar-refractivity contribution in [1.29, 1.82) is 0 Å². The van der Waals surface area contributed by atoms with Crippen molar-refractivity contribution in [3.63, 3.8) is 0 Å². The van der Waals surface area contributed by atoms with Gasteiger partial charge in [-0.3, -0.25) is 0 Å². The van der Waals surface area contributed by atoms with Crippen LogP contribution in [-0.4, -0.2) is 9.55 Å². The molecule has 0 radical (unpaired) electrons. The molecule has 0 unspecified atom stereocenters. The van der Waals surface area contributed by atoms with E-state index >= 15 is 0 Å². The summed E-state index contributed by atoms with van der Waals surface area (Å²) in [7, 11) is 0. The number of H-pyrrole nitrogens is 1. The van der Waals surface area contributed by atoms with Gasteiger partial charge in [-0.05, 0) is 53.1 Å². The summed E-state index contributed by atoms with van der Waals surface area (Å²) in [6.07, 6.45) is 0. The second-order valence-corrected chi connectivity index (χ2v) is 9.90. The molecule has 8 rings (SSSR count). The lowest BCUT2D eigenvalue weighted by atomic mass is 10.0. The minimum Gasteiger partial charge on any atom is -0.355 e. The maximum absolute atomic E-state index is 3.55. The van der Waals surface area contributed by atoms with E-state index in [0.717, 1.165) is 0 Å². The summed E-state index contributed by atoms with van der Waals surface area (Å²) in [5.41, 5.74) is 10.8. The van der Waals surface area contributed by atoms with Crippen molar-refractivity contribution in [2.45, 2.75) is 0 Å². The van der Waals surface area contributed by atoms with Crippen LogP contribution < -0.4 is 0 Å². The van der Waals surface area contributed by atoms with E-state index < -0.39 is 0 Å². The molecule has 0 saturated heterocycles. The van der Waals surface area contributed by atoms with Crippen molar-refractivity contribution >= 4 is 43.6 Å². The van der Waals surface area contributed by atoms with Gasteiger partial charge in [-0.15, -0.1) is 0 Å². The summed E-state index contributed by atoms with van der Waals surface area (Å²) in [6.45, 7) is 0. The van der Waals surface area contributed by atoms with E-state index in [1.165, 1.54) is 71.6 Å². The van der Waals surface area contributed by atoms with Crippen molar-refractivity contribution in [3.05, 3.63) is 140 Å². The third-order valence-corrected chi connectivity index (χ3v) is 7.74. The summed E-state index contributed by atoms with van der Waals surface area (Å²) in [6, 6.07) is 50.3. The predicted molar refractivity (Wildman–Crippen MR) is 161 cm³/mol. The quantitative estimate of drug-likeness (QED) is 0.258. The second-order valence-electron chi connectivity index (χ2n) is 9.90. The maximum Gasteiger partial charge on any atom is 0.0547 e. The molecule has 6 aromatic carbocycles. The number of benzene rings is 6. The summed E-state index contributed by atoms with van der Waals surface area (Å²) in [5.74, 6) is 0. The molecule has 1 N–H and O–H groups in total. The van der Waals surface area contributed by atoms with Gasteiger partial charge in [-0.25, -0.2) is 0 Å². The van der Waals surface area contributed by atoms with Crippen molar-refractivity contribution in [1.82, 2.24) is 9.55 Å². The van der Waals surface area contributed by atoms with E-state index in [2.05, 4.69) is 149 Å². The standard InChI is InChI=1S/C36H24N2/c1-2-10-24(11-3-1)27-12-5-8-16-34(27)38-35-17-9-6-14-29(35)30-20-18-26(23-36(30)38)25-19-21-33-31(22-25)28-13-4-7-15-32(28)37-33/h1-23,37H. The minimum absolute atomic E-state index is 1.17. The van der Waals surface area contributed by atoms with Crippen molar-refractivity contribution in [2.75, 3.05) is 0 Å². The molecule has 2 nitrogen and oxygen atoms in total. The third-order valence-electron chi connectivity index (χ3n) is 7.74. The lowest BCUT2D eigenvalue weighted by molar-refractivity contribution is 1.18. The van der Waals surface area contributed by atoms with Gasteiger partial charge in [0.15, 0.2) is 0 Å². The van der Waals surface area contributed by atoms with Crippen LogP contribution >= 0.6 is 0 Å². The van der Waals surface area contributed by atoms with Gasteiger partial charge in [0, 0.05) is 38.1 Å². The number of nitrogens with one attached hydrogen (secondary N) is 1. The molecule has 0 fully saturated rings. The van der Waals surface area contributed by atoms with Crippen LogP contribution in [0.3, 0.4) is 0 Å². The molecule has 0 aliphatic rings. The molecule has 38 heavy (non-hydrogen) atoms. The number of aromatic nitrogens is 2. The molecule has 0 saturated carbocycles. The normalized spacial score (nSPS) is 11.7. The van der Waals surface area contributed by atoms with Gasteiger partial charge in [-0.1, -0.05) is 103 Å². The first kappa shape index (κ1) is 21.0. The molecule has 0 spiro atoms. The average Bonchev–Trinajstić information content (AvgIpc) is 3.52. The highest BCUT2D eigenvalue weighted by Crippen LogP contribution is 2.38. The first-order valence-corrected chi connectivity index (χ1v) is 13.0. The topological polar surface area (TPSA) is 20.7 Å². The van der Waals surface area contributed by atoms with Gasteiger partial charge in [0.25, 0.3) is 0 Å². The third kappa shape index (κ3) is 3.14. The Morgan fingerprint density at radius 1 is 0.395 bits per heavy atom. The first-order valence-electron chi connectivity index (χ1n) is 13.0. The van der Waals surface area contributed by atoms with Crippen LogP contribution in [0.1, 0.15) is 0 Å². The highest BCUT2D eigenvalue weighted by Gasteiger charge is 2.16.